The number of anilines is 1. The maximum atomic E-state index is 5.84. The lowest BCUT2D eigenvalue weighted by atomic mass is 10.2. The molecule has 1 heterocycles. The zero-order valence-corrected chi connectivity index (χ0v) is 6.74. The fourth-order valence-corrected chi connectivity index (χ4v) is 0.876. The fraction of sp³-hybridized carbons (Fsp3) is 0.286. The third-order valence-corrected chi connectivity index (χ3v) is 2.03. The molecule has 0 aliphatic rings. The summed E-state index contributed by atoms with van der Waals surface area (Å²) in [6.07, 6.45) is 1.62. The minimum absolute atomic E-state index is 0.649. The van der Waals surface area contributed by atoms with Crippen molar-refractivity contribution in [3.8, 4) is 0 Å². The number of aromatic nitrogens is 1. The van der Waals surface area contributed by atoms with Gasteiger partial charge in [0.1, 0.15) is 0 Å². The quantitative estimate of drug-likeness (QED) is 0.624. The first-order chi connectivity index (χ1) is 4.63. The van der Waals surface area contributed by atoms with Crippen LogP contribution in [0.5, 0.6) is 0 Å². The van der Waals surface area contributed by atoms with Gasteiger partial charge in [-0.05, 0) is 19.4 Å². The molecule has 0 aliphatic heterocycles. The second kappa shape index (κ2) is 2.46. The standard InChI is InChI=1S/C7H9ClN2/c1-4-6(9)3-10-5(2)7(4)8/h3H,9H2,1-2H3. The smallest absolute Gasteiger partial charge is 0.0668 e. The second-order valence-corrected chi connectivity index (χ2v) is 2.62. The van der Waals surface area contributed by atoms with Crippen LogP contribution in [-0.4, -0.2) is 4.98 Å². The number of rotatable bonds is 0. The van der Waals surface area contributed by atoms with Gasteiger partial charge in [0, 0.05) is 0 Å². The molecular formula is C7H9ClN2. The van der Waals surface area contributed by atoms with E-state index < -0.39 is 0 Å². The predicted octanol–water partition coefficient (Wildman–Crippen LogP) is 1.93. The molecule has 54 valence electrons. The van der Waals surface area contributed by atoms with Crippen molar-refractivity contribution >= 4 is 17.3 Å². The second-order valence-electron chi connectivity index (χ2n) is 2.24. The summed E-state index contributed by atoms with van der Waals surface area (Å²) in [6, 6.07) is 0. The van der Waals surface area contributed by atoms with Crippen molar-refractivity contribution in [1.29, 1.82) is 0 Å². The minimum atomic E-state index is 0.649. The lowest BCUT2D eigenvalue weighted by Gasteiger charge is -2.02. The van der Waals surface area contributed by atoms with E-state index in [-0.39, 0.29) is 0 Å². The van der Waals surface area contributed by atoms with Gasteiger partial charge in [0.15, 0.2) is 0 Å². The van der Waals surface area contributed by atoms with Crippen molar-refractivity contribution in [3.05, 3.63) is 22.5 Å². The molecule has 2 nitrogen and oxygen atoms in total. The Morgan fingerprint density at radius 3 is 2.60 bits per heavy atom. The van der Waals surface area contributed by atoms with Crippen LogP contribution in [0.1, 0.15) is 11.3 Å². The number of pyridine rings is 1. The highest BCUT2D eigenvalue weighted by Crippen LogP contribution is 2.21. The predicted molar refractivity (Wildman–Crippen MR) is 43.1 cm³/mol. The molecule has 0 fully saturated rings. The summed E-state index contributed by atoms with van der Waals surface area (Å²) >= 11 is 5.84. The Morgan fingerprint density at radius 1 is 1.50 bits per heavy atom. The van der Waals surface area contributed by atoms with Gasteiger partial charge in [-0.2, -0.15) is 0 Å². The van der Waals surface area contributed by atoms with E-state index in [0.29, 0.717) is 10.7 Å². The summed E-state index contributed by atoms with van der Waals surface area (Å²) in [7, 11) is 0. The van der Waals surface area contributed by atoms with Gasteiger partial charge in [-0.25, -0.2) is 0 Å². The van der Waals surface area contributed by atoms with Crippen molar-refractivity contribution in [2.45, 2.75) is 13.8 Å². The highest BCUT2D eigenvalue weighted by molar-refractivity contribution is 6.32. The van der Waals surface area contributed by atoms with Gasteiger partial charge in [0.2, 0.25) is 0 Å². The van der Waals surface area contributed by atoms with Crippen LogP contribution in [0.3, 0.4) is 0 Å². The Morgan fingerprint density at radius 2 is 2.10 bits per heavy atom. The van der Waals surface area contributed by atoms with Gasteiger partial charge in [0.25, 0.3) is 0 Å². The number of hydrogen-bond donors (Lipinski definition) is 1. The number of aryl methyl sites for hydroxylation is 1. The third-order valence-electron chi connectivity index (χ3n) is 1.48. The molecule has 1 aromatic heterocycles. The zero-order valence-electron chi connectivity index (χ0n) is 5.98. The lowest BCUT2D eigenvalue weighted by molar-refractivity contribution is 1.18. The first-order valence-corrected chi connectivity index (χ1v) is 3.38. The van der Waals surface area contributed by atoms with Crippen LogP contribution in [0, 0.1) is 13.8 Å². The Balaban J connectivity index is 3.34. The normalized spacial score (nSPS) is 9.90. The largest absolute Gasteiger partial charge is 0.397 e. The van der Waals surface area contributed by atoms with E-state index in [2.05, 4.69) is 4.98 Å². The van der Waals surface area contributed by atoms with Crippen molar-refractivity contribution in [3.63, 3.8) is 0 Å². The number of nitrogens with two attached hydrogens (primary N) is 1. The van der Waals surface area contributed by atoms with E-state index in [4.69, 9.17) is 17.3 Å². The molecule has 1 aromatic rings. The van der Waals surface area contributed by atoms with Gasteiger partial charge < -0.3 is 5.73 Å². The Labute approximate surface area is 65.0 Å². The van der Waals surface area contributed by atoms with Crippen molar-refractivity contribution < 1.29 is 0 Å². The number of nitrogens with zero attached hydrogens (tertiary/aromatic N) is 1. The van der Waals surface area contributed by atoms with Crippen LogP contribution < -0.4 is 5.73 Å². The third kappa shape index (κ3) is 1.07. The minimum Gasteiger partial charge on any atom is -0.397 e. The van der Waals surface area contributed by atoms with Gasteiger partial charge in [-0.1, -0.05) is 11.6 Å². The number of nitrogen functional groups attached to an aromatic ring is 1. The summed E-state index contributed by atoms with van der Waals surface area (Å²) in [5.74, 6) is 0. The van der Waals surface area contributed by atoms with Crippen LogP contribution in [-0.2, 0) is 0 Å². The molecule has 0 saturated carbocycles. The molecule has 0 atom stereocenters. The molecule has 1 rings (SSSR count). The van der Waals surface area contributed by atoms with E-state index in [0.717, 1.165) is 11.3 Å². The first-order valence-electron chi connectivity index (χ1n) is 3.00. The molecule has 0 amide bonds. The van der Waals surface area contributed by atoms with Gasteiger partial charge in [-0.3, -0.25) is 4.98 Å². The van der Waals surface area contributed by atoms with Gasteiger partial charge in [0.05, 0.1) is 22.6 Å². The Hall–Kier alpha value is -0.760. The van der Waals surface area contributed by atoms with Crippen molar-refractivity contribution in [2.75, 3.05) is 5.73 Å². The van der Waals surface area contributed by atoms with E-state index in [1.54, 1.807) is 6.20 Å². The fourth-order valence-electron chi connectivity index (χ4n) is 0.718. The summed E-state index contributed by atoms with van der Waals surface area (Å²) in [4.78, 5) is 3.98. The summed E-state index contributed by atoms with van der Waals surface area (Å²) < 4.78 is 0. The van der Waals surface area contributed by atoms with Crippen molar-refractivity contribution in [2.24, 2.45) is 0 Å². The summed E-state index contributed by atoms with van der Waals surface area (Å²) in [6.45, 7) is 3.74. The molecule has 0 bridgehead atoms. The van der Waals surface area contributed by atoms with Crippen molar-refractivity contribution in [1.82, 2.24) is 4.98 Å². The Kier molecular flexibility index (Phi) is 1.81. The van der Waals surface area contributed by atoms with Gasteiger partial charge in [-0.15, -0.1) is 0 Å². The highest BCUT2D eigenvalue weighted by atomic mass is 35.5. The number of hydrogen-bond acceptors (Lipinski definition) is 2. The molecule has 0 aliphatic carbocycles. The first kappa shape index (κ1) is 7.35. The average molecular weight is 157 g/mol. The van der Waals surface area contributed by atoms with E-state index >= 15 is 0 Å². The Bertz CT molecular complexity index is 231. The molecule has 2 N–H and O–H groups in total. The molecule has 0 radical (unpaired) electrons. The monoisotopic (exact) mass is 156 g/mol. The van der Waals surface area contributed by atoms with E-state index in [1.807, 2.05) is 13.8 Å². The van der Waals surface area contributed by atoms with Crippen LogP contribution in [0.25, 0.3) is 0 Å². The SMILES string of the molecule is Cc1ncc(N)c(C)c1Cl. The van der Waals surface area contributed by atoms with Gasteiger partial charge >= 0.3 is 0 Å². The topological polar surface area (TPSA) is 38.9 Å². The molecule has 0 aromatic carbocycles. The van der Waals surface area contributed by atoms with Crippen LogP contribution in [0.2, 0.25) is 5.02 Å². The molecule has 0 spiro atoms. The summed E-state index contributed by atoms with van der Waals surface area (Å²) in [5, 5.41) is 0.667. The number of halogens is 1. The average Bonchev–Trinajstić information content (AvgIpc) is 1.93. The summed E-state index contributed by atoms with van der Waals surface area (Å²) in [5.41, 5.74) is 7.93. The molecule has 3 heteroatoms. The maximum absolute atomic E-state index is 5.84. The van der Waals surface area contributed by atoms with E-state index in [9.17, 15) is 0 Å². The van der Waals surface area contributed by atoms with Crippen LogP contribution >= 0.6 is 11.6 Å². The maximum Gasteiger partial charge on any atom is 0.0668 e. The molecule has 0 saturated heterocycles. The molecule has 10 heavy (non-hydrogen) atoms. The zero-order chi connectivity index (χ0) is 7.72. The highest BCUT2D eigenvalue weighted by Gasteiger charge is 2.02. The van der Waals surface area contributed by atoms with Crippen LogP contribution in [0.15, 0.2) is 6.20 Å². The van der Waals surface area contributed by atoms with Crippen LogP contribution in [0.4, 0.5) is 5.69 Å². The van der Waals surface area contributed by atoms with E-state index in [1.165, 1.54) is 0 Å². The lowest BCUT2D eigenvalue weighted by Crippen LogP contribution is -1.94. The molecular weight excluding hydrogens is 148 g/mol. The molecule has 0 unspecified atom stereocenters.